The van der Waals surface area contributed by atoms with E-state index in [9.17, 15) is 9.59 Å². The summed E-state index contributed by atoms with van der Waals surface area (Å²) in [5.74, 6) is -0.876. The molecule has 2 aromatic heterocycles. The Kier molecular flexibility index (Phi) is 5.58. The van der Waals surface area contributed by atoms with Gasteiger partial charge < -0.3 is 14.8 Å². The Morgan fingerprint density at radius 3 is 2.71 bits per heavy atom. The molecule has 0 fully saturated rings. The Morgan fingerprint density at radius 2 is 2.10 bits per heavy atom. The highest BCUT2D eigenvalue weighted by molar-refractivity contribution is 9.11. The van der Waals surface area contributed by atoms with Crippen LogP contribution in [0.2, 0.25) is 0 Å². The molecular weight excluding hydrogens is 358 g/mol. The number of carbonyl (C=O) groups excluding carboxylic acids is 1. The van der Waals surface area contributed by atoms with E-state index in [1.165, 1.54) is 10.9 Å². The topological polar surface area (TPSA) is 79.5 Å². The summed E-state index contributed by atoms with van der Waals surface area (Å²) in [5, 5.41) is 11.4. The number of furan rings is 1. The van der Waals surface area contributed by atoms with Crippen molar-refractivity contribution in [1.29, 1.82) is 0 Å². The number of carboxylic acids is 1. The standard InChI is InChI=1S/C14H14BrNO4S/c15-12-7-5-10(21-12)2-1-3-13(17)16-8-9-4-6-11(20-9)14(18)19/h4-7H,1-3,8H2,(H,16,17)(H,18,19). The molecule has 0 aliphatic heterocycles. The highest BCUT2D eigenvalue weighted by Crippen LogP contribution is 2.23. The third-order valence-electron chi connectivity index (χ3n) is 2.79. The number of halogens is 1. The molecule has 0 radical (unpaired) electrons. The molecule has 0 bridgehead atoms. The van der Waals surface area contributed by atoms with Gasteiger partial charge in [-0.25, -0.2) is 4.79 Å². The first-order valence-electron chi connectivity index (χ1n) is 6.37. The lowest BCUT2D eigenvalue weighted by Crippen LogP contribution is -2.22. The lowest BCUT2D eigenvalue weighted by atomic mass is 10.2. The van der Waals surface area contributed by atoms with Crippen LogP contribution < -0.4 is 5.32 Å². The number of hydrogen-bond donors (Lipinski definition) is 2. The van der Waals surface area contributed by atoms with E-state index in [1.807, 2.05) is 12.1 Å². The van der Waals surface area contributed by atoms with E-state index >= 15 is 0 Å². The summed E-state index contributed by atoms with van der Waals surface area (Å²) >= 11 is 5.07. The first-order chi connectivity index (χ1) is 10.0. The number of aromatic carboxylic acids is 1. The Balaban J connectivity index is 1.68. The van der Waals surface area contributed by atoms with Crippen LogP contribution in [0.5, 0.6) is 0 Å². The predicted molar refractivity (Wildman–Crippen MR) is 82.5 cm³/mol. The second-order valence-corrected chi connectivity index (χ2v) is 6.95. The first kappa shape index (κ1) is 15.8. The van der Waals surface area contributed by atoms with Gasteiger partial charge in [-0.2, -0.15) is 0 Å². The summed E-state index contributed by atoms with van der Waals surface area (Å²) in [5.41, 5.74) is 0. The molecule has 0 saturated carbocycles. The molecule has 0 atom stereocenters. The Bertz CT molecular complexity index is 634. The van der Waals surface area contributed by atoms with Crippen molar-refractivity contribution in [3.05, 3.63) is 44.4 Å². The van der Waals surface area contributed by atoms with Crippen LogP contribution in [0.1, 0.15) is 34.0 Å². The Labute approximate surface area is 134 Å². The Morgan fingerprint density at radius 1 is 1.29 bits per heavy atom. The maximum atomic E-state index is 11.7. The molecule has 0 aliphatic carbocycles. The van der Waals surface area contributed by atoms with Crippen LogP contribution in [-0.4, -0.2) is 17.0 Å². The third-order valence-corrected chi connectivity index (χ3v) is 4.47. The highest BCUT2D eigenvalue weighted by atomic mass is 79.9. The minimum absolute atomic E-state index is 0.0705. The molecule has 0 spiro atoms. The smallest absolute Gasteiger partial charge is 0.371 e. The second-order valence-electron chi connectivity index (χ2n) is 4.41. The van der Waals surface area contributed by atoms with Crippen LogP contribution in [0, 0.1) is 0 Å². The normalized spacial score (nSPS) is 10.5. The van der Waals surface area contributed by atoms with Crippen molar-refractivity contribution in [2.75, 3.05) is 0 Å². The van der Waals surface area contributed by atoms with Crippen LogP contribution in [0.15, 0.2) is 32.5 Å². The Hall–Kier alpha value is -1.60. The van der Waals surface area contributed by atoms with E-state index in [-0.39, 0.29) is 18.2 Å². The maximum Gasteiger partial charge on any atom is 0.371 e. The van der Waals surface area contributed by atoms with Gasteiger partial charge in [-0.05, 0) is 53.0 Å². The highest BCUT2D eigenvalue weighted by Gasteiger charge is 2.09. The van der Waals surface area contributed by atoms with Crippen molar-refractivity contribution in [3.8, 4) is 0 Å². The van der Waals surface area contributed by atoms with Crippen molar-refractivity contribution in [3.63, 3.8) is 0 Å². The molecule has 0 aliphatic rings. The molecule has 21 heavy (non-hydrogen) atoms. The van der Waals surface area contributed by atoms with E-state index in [2.05, 4.69) is 21.2 Å². The molecule has 2 heterocycles. The van der Waals surface area contributed by atoms with Crippen LogP contribution >= 0.6 is 27.3 Å². The zero-order valence-electron chi connectivity index (χ0n) is 11.1. The van der Waals surface area contributed by atoms with E-state index in [4.69, 9.17) is 9.52 Å². The summed E-state index contributed by atoms with van der Waals surface area (Å²) in [6.45, 7) is 0.205. The number of hydrogen-bond acceptors (Lipinski definition) is 4. The monoisotopic (exact) mass is 371 g/mol. The van der Waals surface area contributed by atoms with Gasteiger partial charge in [0.2, 0.25) is 11.7 Å². The second kappa shape index (κ2) is 7.42. The molecule has 0 aromatic carbocycles. The summed E-state index contributed by atoms with van der Waals surface area (Å²) < 4.78 is 6.15. The van der Waals surface area contributed by atoms with Crippen molar-refractivity contribution in [2.45, 2.75) is 25.8 Å². The minimum Gasteiger partial charge on any atom is -0.475 e. The first-order valence-corrected chi connectivity index (χ1v) is 7.98. The van der Waals surface area contributed by atoms with E-state index in [1.54, 1.807) is 17.4 Å². The number of carboxylic acid groups (broad SMARTS) is 1. The summed E-state index contributed by atoms with van der Waals surface area (Å²) in [6, 6.07) is 6.96. The fraction of sp³-hybridized carbons (Fsp3) is 0.286. The van der Waals surface area contributed by atoms with E-state index < -0.39 is 5.97 Å². The van der Waals surface area contributed by atoms with Crippen molar-refractivity contribution in [2.24, 2.45) is 0 Å². The molecule has 0 saturated heterocycles. The molecule has 2 rings (SSSR count). The van der Waals surface area contributed by atoms with Crippen LogP contribution in [0.3, 0.4) is 0 Å². The number of nitrogens with one attached hydrogen (secondary N) is 1. The van der Waals surface area contributed by atoms with Gasteiger partial charge in [-0.15, -0.1) is 11.3 Å². The molecule has 0 unspecified atom stereocenters. The van der Waals surface area contributed by atoms with Gasteiger partial charge in [0.05, 0.1) is 10.3 Å². The van der Waals surface area contributed by atoms with Gasteiger partial charge in [0.25, 0.3) is 0 Å². The number of thiophene rings is 1. The summed E-state index contributed by atoms with van der Waals surface area (Å²) in [6.07, 6.45) is 2.08. The fourth-order valence-electron chi connectivity index (χ4n) is 1.77. The average Bonchev–Trinajstić information content (AvgIpc) is 3.05. The minimum atomic E-state index is -1.12. The molecule has 2 aromatic rings. The lowest BCUT2D eigenvalue weighted by Gasteiger charge is -2.02. The quantitative estimate of drug-likeness (QED) is 0.780. The molecule has 2 N–H and O–H groups in total. The zero-order valence-corrected chi connectivity index (χ0v) is 13.5. The number of carbonyl (C=O) groups is 2. The van der Waals surface area contributed by atoms with Gasteiger partial charge in [0.15, 0.2) is 0 Å². The summed E-state index contributed by atoms with van der Waals surface area (Å²) in [4.78, 5) is 23.6. The molecule has 1 amide bonds. The van der Waals surface area contributed by atoms with Crippen LogP contribution in [0.4, 0.5) is 0 Å². The largest absolute Gasteiger partial charge is 0.475 e. The van der Waals surface area contributed by atoms with Gasteiger partial charge in [-0.3, -0.25) is 4.79 Å². The van der Waals surface area contributed by atoms with Crippen molar-refractivity contribution < 1.29 is 19.1 Å². The van der Waals surface area contributed by atoms with Crippen LogP contribution in [0.25, 0.3) is 0 Å². The molecule has 112 valence electrons. The lowest BCUT2D eigenvalue weighted by molar-refractivity contribution is -0.121. The average molecular weight is 372 g/mol. The van der Waals surface area contributed by atoms with Crippen molar-refractivity contribution in [1.82, 2.24) is 5.32 Å². The van der Waals surface area contributed by atoms with Gasteiger partial charge in [-0.1, -0.05) is 0 Å². The SMILES string of the molecule is O=C(CCCc1ccc(Br)s1)NCc1ccc(C(=O)O)o1. The van der Waals surface area contributed by atoms with Gasteiger partial charge in [0, 0.05) is 11.3 Å². The fourth-order valence-corrected chi connectivity index (χ4v) is 3.30. The van der Waals surface area contributed by atoms with E-state index in [0.29, 0.717) is 12.2 Å². The molecule has 5 nitrogen and oxygen atoms in total. The summed E-state index contributed by atoms with van der Waals surface area (Å²) in [7, 11) is 0. The number of rotatable bonds is 7. The third kappa shape index (κ3) is 5.02. The molecular formula is C14H14BrNO4S. The van der Waals surface area contributed by atoms with Gasteiger partial charge in [0.1, 0.15) is 5.76 Å². The maximum absolute atomic E-state index is 11.7. The van der Waals surface area contributed by atoms with Crippen LogP contribution in [-0.2, 0) is 17.8 Å². The van der Waals surface area contributed by atoms with Crippen molar-refractivity contribution >= 4 is 39.1 Å². The molecule has 7 heteroatoms. The predicted octanol–water partition coefficient (Wildman–Crippen LogP) is 3.44. The van der Waals surface area contributed by atoms with Gasteiger partial charge >= 0.3 is 5.97 Å². The van der Waals surface area contributed by atoms with E-state index in [0.717, 1.165) is 16.6 Å². The zero-order chi connectivity index (χ0) is 15.2. The number of amides is 1. The number of aryl methyl sites for hydroxylation is 1.